The molecule has 5 nitrogen and oxygen atoms in total. The Morgan fingerprint density at radius 1 is 1.20 bits per heavy atom. The van der Waals surface area contributed by atoms with Crippen molar-refractivity contribution in [3.05, 3.63) is 59.2 Å². The smallest absolute Gasteiger partial charge is 0.208 e. The summed E-state index contributed by atoms with van der Waals surface area (Å²) in [5, 5.41) is 11.7. The minimum Gasteiger partial charge on any atom is -0.490 e. The highest BCUT2D eigenvalue weighted by atomic mass is 35.5. The van der Waals surface area contributed by atoms with Crippen molar-refractivity contribution in [1.29, 1.82) is 0 Å². The van der Waals surface area contributed by atoms with Gasteiger partial charge in [0.2, 0.25) is 5.79 Å². The van der Waals surface area contributed by atoms with Crippen molar-refractivity contribution in [2.75, 3.05) is 19.8 Å². The van der Waals surface area contributed by atoms with Gasteiger partial charge in [-0.25, -0.2) is 0 Å². The number of nitrogens with zero attached hydrogens (tertiary/aromatic N) is 1. The number of halogens is 1. The third kappa shape index (κ3) is 4.30. The molecule has 2 aromatic rings. The number of rotatable bonds is 5. The first-order valence-electron chi connectivity index (χ1n) is 10.5. The molecule has 0 radical (unpaired) electrons. The molecule has 164 valence electrons. The fourth-order valence-electron chi connectivity index (χ4n) is 4.39. The van der Waals surface area contributed by atoms with Gasteiger partial charge in [-0.3, -0.25) is 4.90 Å². The van der Waals surface area contributed by atoms with E-state index in [2.05, 4.69) is 30.9 Å². The summed E-state index contributed by atoms with van der Waals surface area (Å²) in [6.45, 7) is 10.7. The van der Waals surface area contributed by atoms with Crippen LogP contribution in [0.15, 0.2) is 42.5 Å². The van der Waals surface area contributed by atoms with Gasteiger partial charge in [-0.2, -0.15) is 0 Å². The molecule has 0 spiro atoms. The number of aliphatic hydroxyl groups is 1. The van der Waals surface area contributed by atoms with E-state index in [0.29, 0.717) is 19.0 Å². The van der Waals surface area contributed by atoms with Gasteiger partial charge in [0.25, 0.3) is 0 Å². The highest BCUT2D eigenvalue weighted by molar-refractivity contribution is 5.85. The Labute approximate surface area is 185 Å². The van der Waals surface area contributed by atoms with Crippen LogP contribution in [-0.4, -0.2) is 41.4 Å². The third-order valence-electron chi connectivity index (χ3n) is 5.88. The Morgan fingerprint density at radius 2 is 1.93 bits per heavy atom. The maximum absolute atomic E-state index is 11.7. The van der Waals surface area contributed by atoms with Gasteiger partial charge in [0.15, 0.2) is 11.5 Å². The predicted octanol–water partition coefficient (Wildman–Crippen LogP) is 4.29. The van der Waals surface area contributed by atoms with E-state index in [0.717, 1.165) is 36.4 Å². The van der Waals surface area contributed by atoms with E-state index < -0.39 is 5.79 Å². The fraction of sp³-hybridized carbons (Fsp3) is 0.500. The number of hydrogen-bond acceptors (Lipinski definition) is 5. The second-order valence-corrected chi connectivity index (χ2v) is 8.61. The van der Waals surface area contributed by atoms with Crippen LogP contribution in [0.3, 0.4) is 0 Å². The summed E-state index contributed by atoms with van der Waals surface area (Å²) in [5.74, 6) is 0.0597. The molecule has 0 saturated carbocycles. The lowest BCUT2D eigenvalue weighted by Crippen LogP contribution is -2.56. The highest BCUT2D eigenvalue weighted by Gasteiger charge is 2.45. The first-order valence-corrected chi connectivity index (χ1v) is 10.5. The molecule has 2 unspecified atom stereocenters. The highest BCUT2D eigenvalue weighted by Crippen LogP contribution is 2.46. The van der Waals surface area contributed by atoms with Crippen LogP contribution in [0.2, 0.25) is 0 Å². The van der Waals surface area contributed by atoms with Gasteiger partial charge < -0.3 is 19.3 Å². The SMILES string of the molecule is CCOc1cc(C2(O)OCCN(Cc3ccccc3)C2C)cc2c1OC(C)(C)C2.Cl. The Bertz CT molecular complexity index is 873. The molecule has 1 fully saturated rings. The van der Waals surface area contributed by atoms with Crippen LogP contribution >= 0.6 is 12.4 Å². The van der Waals surface area contributed by atoms with Crippen LogP contribution < -0.4 is 9.47 Å². The van der Waals surface area contributed by atoms with Crippen LogP contribution in [0.25, 0.3) is 0 Å². The summed E-state index contributed by atoms with van der Waals surface area (Å²) in [6, 6.07) is 14.0. The lowest BCUT2D eigenvalue weighted by molar-refractivity contribution is -0.276. The molecule has 0 aliphatic carbocycles. The van der Waals surface area contributed by atoms with E-state index >= 15 is 0 Å². The van der Waals surface area contributed by atoms with Crippen molar-refractivity contribution in [3.8, 4) is 11.5 Å². The molecule has 0 aromatic heterocycles. The first-order chi connectivity index (χ1) is 13.8. The molecule has 2 heterocycles. The van der Waals surface area contributed by atoms with E-state index in [9.17, 15) is 5.11 Å². The van der Waals surface area contributed by atoms with Crippen LogP contribution in [0.5, 0.6) is 11.5 Å². The molecule has 30 heavy (non-hydrogen) atoms. The molecule has 4 rings (SSSR count). The molecule has 1 saturated heterocycles. The maximum atomic E-state index is 11.7. The fourth-order valence-corrected chi connectivity index (χ4v) is 4.39. The molecular formula is C24H32ClNO4. The number of benzene rings is 2. The normalized spacial score (nSPS) is 25.2. The minimum atomic E-state index is -1.40. The van der Waals surface area contributed by atoms with Crippen molar-refractivity contribution in [1.82, 2.24) is 4.90 Å². The molecule has 2 aromatic carbocycles. The van der Waals surface area contributed by atoms with E-state index in [1.165, 1.54) is 5.56 Å². The van der Waals surface area contributed by atoms with Crippen molar-refractivity contribution < 1.29 is 19.3 Å². The summed E-state index contributed by atoms with van der Waals surface area (Å²) in [6.07, 6.45) is 0.772. The van der Waals surface area contributed by atoms with Gasteiger partial charge in [0.1, 0.15) is 5.60 Å². The summed E-state index contributed by atoms with van der Waals surface area (Å²) in [7, 11) is 0. The molecule has 2 aliphatic heterocycles. The van der Waals surface area contributed by atoms with Gasteiger partial charge in [-0.05, 0) is 45.4 Å². The van der Waals surface area contributed by atoms with Crippen LogP contribution in [0.1, 0.15) is 44.4 Å². The van der Waals surface area contributed by atoms with Crippen LogP contribution in [0.4, 0.5) is 0 Å². The maximum Gasteiger partial charge on any atom is 0.208 e. The molecular weight excluding hydrogens is 402 g/mol. The van der Waals surface area contributed by atoms with E-state index in [4.69, 9.17) is 14.2 Å². The predicted molar refractivity (Wildman–Crippen MR) is 119 cm³/mol. The van der Waals surface area contributed by atoms with Crippen molar-refractivity contribution in [2.45, 2.75) is 58.1 Å². The second-order valence-electron chi connectivity index (χ2n) is 8.61. The summed E-state index contributed by atoms with van der Waals surface area (Å²) in [5.41, 5.74) is 2.72. The van der Waals surface area contributed by atoms with Crippen LogP contribution in [0, 0.1) is 0 Å². The lowest BCUT2D eigenvalue weighted by atomic mass is 9.92. The Kier molecular flexibility index (Phi) is 6.68. The molecule has 6 heteroatoms. The monoisotopic (exact) mass is 433 g/mol. The van der Waals surface area contributed by atoms with Crippen molar-refractivity contribution >= 4 is 12.4 Å². The zero-order valence-corrected chi connectivity index (χ0v) is 19.0. The van der Waals surface area contributed by atoms with E-state index in [1.54, 1.807) is 0 Å². The van der Waals surface area contributed by atoms with Gasteiger partial charge in [0.05, 0.1) is 19.3 Å². The standard InChI is InChI=1S/C24H31NO4.ClH/c1-5-27-21-14-20(13-19-15-23(3,4)29-22(19)21)24(26)17(2)25(11-12-28-24)16-18-9-7-6-8-10-18;/h6-10,13-14,17,26H,5,11-12,15-16H2,1-4H3;1H. The lowest BCUT2D eigenvalue weighted by Gasteiger charge is -2.45. The molecule has 0 amide bonds. The average Bonchev–Trinajstić information content (AvgIpc) is 3.01. The van der Waals surface area contributed by atoms with Gasteiger partial charge in [-0.15, -0.1) is 12.4 Å². The first kappa shape index (κ1) is 22.9. The minimum absolute atomic E-state index is 0. The Morgan fingerprint density at radius 3 is 2.63 bits per heavy atom. The Hall–Kier alpha value is -1.79. The van der Waals surface area contributed by atoms with Gasteiger partial charge in [0, 0.05) is 30.6 Å². The molecule has 1 N–H and O–H groups in total. The average molecular weight is 434 g/mol. The third-order valence-corrected chi connectivity index (χ3v) is 5.88. The zero-order chi connectivity index (χ0) is 20.6. The van der Waals surface area contributed by atoms with E-state index in [1.807, 2.05) is 44.2 Å². The molecule has 0 bridgehead atoms. The quantitative estimate of drug-likeness (QED) is 0.762. The van der Waals surface area contributed by atoms with Crippen LogP contribution in [-0.2, 0) is 23.5 Å². The Balaban J connectivity index is 0.00000256. The second kappa shape index (κ2) is 8.75. The topological polar surface area (TPSA) is 51.2 Å². The van der Waals surface area contributed by atoms with E-state index in [-0.39, 0.29) is 24.0 Å². The number of morpholine rings is 1. The number of ether oxygens (including phenoxy) is 3. The van der Waals surface area contributed by atoms with Gasteiger partial charge in [-0.1, -0.05) is 30.3 Å². The summed E-state index contributed by atoms with van der Waals surface area (Å²) < 4.78 is 18.0. The summed E-state index contributed by atoms with van der Waals surface area (Å²) in [4.78, 5) is 2.27. The number of fused-ring (bicyclic) bond motifs is 1. The largest absolute Gasteiger partial charge is 0.490 e. The van der Waals surface area contributed by atoms with Crippen molar-refractivity contribution in [3.63, 3.8) is 0 Å². The zero-order valence-electron chi connectivity index (χ0n) is 18.2. The number of hydrogen-bond donors (Lipinski definition) is 1. The molecule has 2 aliphatic rings. The van der Waals surface area contributed by atoms with Crippen molar-refractivity contribution in [2.24, 2.45) is 0 Å². The van der Waals surface area contributed by atoms with Gasteiger partial charge >= 0.3 is 0 Å². The molecule has 2 atom stereocenters. The summed E-state index contributed by atoms with van der Waals surface area (Å²) >= 11 is 0.